The molecular weight excluding hydrogens is 186 g/mol. The summed E-state index contributed by atoms with van der Waals surface area (Å²) in [6.07, 6.45) is 0. The van der Waals surface area contributed by atoms with Crippen molar-refractivity contribution in [3.63, 3.8) is 0 Å². The Labute approximate surface area is 65.2 Å². The van der Waals surface area contributed by atoms with Gasteiger partial charge in [-0.1, -0.05) is 0 Å². The second-order valence-electron chi connectivity index (χ2n) is 0. The molecule has 0 rings (SSSR count). The van der Waals surface area contributed by atoms with Crippen LogP contribution in [-0.4, -0.2) is 27.5 Å². The van der Waals surface area contributed by atoms with E-state index < -0.39 is 0 Å². The van der Waals surface area contributed by atoms with E-state index in [1.54, 1.807) is 0 Å². The summed E-state index contributed by atoms with van der Waals surface area (Å²) in [5.74, 6) is 0. The SMILES string of the molecule is O.OCl.[AlH3].[Zr]. The van der Waals surface area contributed by atoms with E-state index in [-0.39, 0.29) is 49.0 Å². The number of hydrogen-bond acceptors (Lipinski definition) is 1. The topological polar surface area (TPSA) is 51.7 Å². The molecule has 0 unspecified atom stereocenters. The molecule has 5 heavy (non-hydrogen) atoms. The van der Waals surface area contributed by atoms with Gasteiger partial charge in [0.1, 0.15) is 0 Å². The maximum absolute atomic E-state index is 6.47. The van der Waals surface area contributed by atoms with Crippen molar-refractivity contribution in [1.82, 2.24) is 0 Å². The van der Waals surface area contributed by atoms with E-state index in [2.05, 4.69) is 11.9 Å². The smallest absolute Gasteiger partial charge is 0.187 e. The van der Waals surface area contributed by atoms with Crippen LogP contribution in [0.1, 0.15) is 0 Å². The van der Waals surface area contributed by atoms with Crippen LogP contribution in [0.4, 0.5) is 0 Å². The molecule has 0 aromatic carbocycles. The molecule has 0 fully saturated rings. The van der Waals surface area contributed by atoms with E-state index in [0.29, 0.717) is 0 Å². The fourth-order valence-corrected chi connectivity index (χ4v) is 0. The maximum Gasteiger partial charge on any atom is 0.187 e. The largest absolute Gasteiger partial charge is 0.412 e. The van der Waals surface area contributed by atoms with Gasteiger partial charge in [-0.3, -0.25) is 4.66 Å². The van der Waals surface area contributed by atoms with Crippen molar-refractivity contribution >= 4 is 29.2 Å². The molecule has 0 heterocycles. The zero-order valence-corrected chi connectivity index (χ0v) is 5.04. The molecule has 0 aliphatic carbocycles. The Kier molecular flexibility index (Phi) is 277. The average molecular weight is 192 g/mol. The van der Waals surface area contributed by atoms with Gasteiger partial charge in [0.15, 0.2) is 17.4 Å². The molecule has 0 aromatic heterocycles. The van der Waals surface area contributed by atoms with Crippen LogP contribution in [-0.2, 0) is 26.2 Å². The normalized spacial score (nSPS) is 1.20. The molecule has 0 radical (unpaired) electrons. The van der Waals surface area contributed by atoms with Crippen LogP contribution in [0, 0.1) is 0 Å². The molecule has 0 atom stereocenters. The van der Waals surface area contributed by atoms with Gasteiger partial charge < -0.3 is 5.48 Å². The molecule has 0 aliphatic heterocycles. The van der Waals surface area contributed by atoms with Crippen LogP contribution < -0.4 is 0 Å². The van der Waals surface area contributed by atoms with Crippen LogP contribution in [0.15, 0.2) is 0 Å². The maximum atomic E-state index is 6.47. The van der Waals surface area contributed by atoms with Crippen LogP contribution in [0.5, 0.6) is 0 Å². The monoisotopic (exact) mass is 190 g/mol. The molecule has 3 N–H and O–H groups in total. The third kappa shape index (κ3) is 28.0. The summed E-state index contributed by atoms with van der Waals surface area (Å²) in [6, 6.07) is 0. The second-order valence-corrected chi connectivity index (χ2v) is 0. The molecule has 0 saturated heterocycles. The van der Waals surface area contributed by atoms with Gasteiger partial charge in [0.05, 0.1) is 11.9 Å². The molecule has 0 amide bonds. The Morgan fingerprint density at radius 1 is 1.20 bits per heavy atom. The van der Waals surface area contributed by atoms with Gasteiger partial charge in [-0.2, -0.15) is 0 Å². The van der Waals surface area contributed by atoms with E-state index >= 15 is 0 Å². The average Bonchev–Trinajstić information content (AvgIpc) is 1.00. The molecule has 0 bridgehead atoms. The molecule has 5 heteroatoms. The molecule has 0 saturated carbocycles. The predicted molar refractivity (Wildman–Crippen MR) is 21.6 cm³/mol. The van der Waals surface area contributed by atoms with Crippen molar-refractivity contribution in [2.75, 3.05) is 0 Å². The van der Waals surface area contributed by atoms with Gasteiger partial charge in [0.25, 0.3) is 0 Å². The van der Waals surface area contributed by atoms with Gasteiger partial charge in [-0.25, -0.2) is 0 Å². The fourth-order valence-electron chi connectivity index (χ4n) is 0. The molecule has 0 spiro atoms. The first kappa shape index (κ1) is 30.4. The van der Waals surface area contributed by atoms with Crippen LogP contribution in [0.25, 0.3) is 0 Å². The van der Waals surface area contributed by atoms with E-state index in [4.69, 9.17) is 4.66 Å². The minimum atomic E-state index is 0. The Hall–Kier alpha value is 1.63. The number of halogens is 1. The van der Waals surface area contributed by atoms with Crippen LogP contribution in [0.3, 0.4) is 0 Å². The second kappa shape index (κ2) is 45.5. The zero-order chi connectivity index (χ0) is 2.00. The molecule has 2 nitrogen and oxygen atoms in total. The van der Waals surface area contributed by atoms with Crippen molar-refractivity contribution in [3.8, 4) is 0 Å². The van der Waals surface area contributed by atoms with E-state index in [1.165, 1.54) is 0 Å². The van der Waals surface area contributed by atoms with E-state index in [0.717, 1.165) is 0 Å². The Morgan fingerprint density at radius 3 is 1.20 bits per heavy atom. The summed E-state index contributed by atoms with van der Waals surface area (Å²) in [4.78, 5) is 0. The quantitative estimate of drug-likeness (QED) is 0.448. The minimum Gasteiger partial charge on any atom is -0.412 e. The summed E-state index contributed by atoms with van der Waals surface area (Å²) in [5, 5.41) is 0. The Bertz CT molecular complexity index is 9.61. The fraction of sp³-hybridized carbons (Fsp3) is 0. The van der Waals surface area contributed by atoms with Crippen molar-refractivity contribution < 1.29 is 36.3 Å². The van der Waals surface area contributed by atoms with Crippen molar-refractivity contribution in [2.24, 2.45) is 0 Å². The van der Waals surface area contributed by atoms with Crippen molar-refractivity contribution in [2.45, 2.75) is 0 Å². The summed E-state index contributed by atoms with van der Waals surface area (Å²) < 4.78 is 6.47. The van der Waals surface area contributed by atoms with Crippen LogP contribution >= 0.6 is 11.9 Å². The first-order valence-corrected chi connectivity index (χ1v) is 0.507. The van der Waals surface area contributed by atoms with Crippen LogP contribution in [0.2, 0.25) is 0 Å². The number of rotatable bonds is 0. The van der Waals surface area contributed by atoms with Gasteiger partial charge in [0.2, 0.25) is 0 Å². The first-order chi connectivity index (χ1) is 1.00. The Morgan fingerprint density at radius 2 is 1.20 bits per heavy atom. The van der Waals surface area contributed by atoms with Crippen molar-refractivity contribution in [1.29, 1.82) is 0 Å². The third-order valence-electron chi connectivity index (χ3n) is 0. The first-order valence-electron chi connectivity index (χ1n) is 0.169. The number of hydrogen-bond donors (Lipinski definition) is 1. The molecule has 0 aromatic rings. The molecule has 32 valence electrons. The standard InChI is InChI=1S/Al.ClHO.H2O.Zr.3H/c;1-2;;;;;/h;2H;1H2;;;;. The summed E-state index contributed by atoms with van der Waals surface area (Å²) >= 11 is 3.64. The molecular formula is H6AlClO2Zr. The predicted octanol–water partition coefficient (Wildman–Crippen LogP) is -1.88. The zero-order valence-electron chi connectivity index (χ0n) is 1.83. The van der Waals surface area contributed by atoms with Gasteiger partial charge >= 0.3 is 0 Å². The van der Waals surface area contributed by atoms with Gasteiger partial charge in [-0.05, 0) is 0 Å². The Balaban J connectivity index is -0.00000000167. The van der Waals surface area contributed by atoms with E-state index in [1.807, 2.05) is 0 Å². The van der Waals surface area contributed by atoms with E-state index in [9.17, 15) is 0 Å². The van der Waals surface area contributed by atoms with Gasteiger partial charge in [0, 0.05) is 26.2 Å². The molecule has 0 aliphatic rings. The summed E-state index contributed by atoms with van der Waals surface area (Å²) in [5.41, 5.74) is 0. The van der Waals surface area contributed by atoms with Gasteiger partial charge in [-0.15, -0.1) is 0 Å². The van der Waals surface area contributed by atoms with Crippen molar-refractivity contribution in [3.05, 3.63) is 0 Å². The summed E-state index contributed by atoms with van der Waals surface area (Å²) in [6.45, 7) is 0. The summed E-state index contributed by atoms with van der Waals surface area (Å²) in [7, 11) is 0. The third-order valence-corrected chi connectivity index (χ3v) is 0. The minimum absolute atomic E-state index is 0.